The molecule has 0 spiro atoms. The molecule has 1 N–H and O–H groups in total. The molecule has 0 fully saturated rings. The zero-order valence-electron chi connectivity index (χ0n) is 12.0. The maximum absolute atomic E-state index is 13.0. The van der Waals surface area contributed by atoms with Gasteiger partial charge in [0.15, 0.2) is 0 Å². The highest BCUT2D eigenvalue weighted by molar-refractivity contribution is 5.12. The van der Waals surface area contributed by atoms with Gasteiger partial charge in [0.2, 0.25) is 0 Å². The molecule has 0 saturated heterocycles. The van der Waals surface area contributed by atoms with Crippen LogP contribution in [0.3, 0.4) is 0 Å². The fourth-order valence-corrected chi connectivity index (χ4v) is 2.14. The van der Waals surface area contributed by atoms with E-state index >= 15 is 0 Å². The summed E-state index contributed by atoms with van der Waals surface area (Å²) in [4.78, 5) is 8.46. The summed E-state index contributed by atoms with van der Waals surface area (Å²) in [6, 6.07) is 3.43. The molecule has 0 aromatic carbocycles. The number of pyridine rings is 1. The highest BCUT2D eigenvalue weighted by Crippen LogP contribution is 2.16. The minimum absolute atomic E-state index is 0.00917. The molecule has 0 amide bonds. The van der Waals surface area contributed by atoms with Gasteiger partial charge < -0.3 is 5.32 Å². The lowest BCUT2D eigenvalue weighted by Crippen LogP contribution is -2.31. The summed E-state index contributed by atoms with van der Waals surface area (Å²) >= 11 is 0. The number of hydrogen-bond donors (Lipinski definition) is 1. The molecule has 0 bridgehead atoms. The molecule has 2 aromatic heterocycles. The second kappa shape index (κ2) is 6.56. The van der Waals surface area contributed by atoms with Gasteiger partial charge in [0.1, 0.15) is 18.0 Å². The maximum Gasteiger partial charge on any atom is 0.141 e. The summed E-state index contributed by atoms with van der Waals surface area (Å²) < 4.78 is 14.9. The highest BCUT2D eigenvalue weighted by atomic mass is 19.1. The van der Waals surface area contributed by atoms with E-state index in [1.165, 1.54) is 12.3 Å². The highest BCUT2D eigenvalue weighted by Gasteiger charge is 2.17. The molecule has 20 heavy (non-hydrogen) atoms. The van der Waals surface area contributed by atoms with Crippen molar-refractivity contribution < 1.29 is 4.39 Å². The van der Waals surface area contributed by atoms with Crippen molar-refractivity contribution in [1.82, 2.24) is 25.1 Å². The standard InChI is InChI=1S/C14H20FN5/c1-4-20-14(17-9-18-20)7-13(19-10(2)3)12-6-5-11(15)8-16-12/h5-6,8-10,13,19H,4,7H2,1-3H3. The molecular formula is C14H20FN5. The Morgan fingerprint density at radius 1 is 1.30 bits per heavy atom. The molecule has 1 unspecified atom stereocenters. The van der Waals surface area contributed by atoms with Crippen LogP contribution >= 0.6 is 0 Å². The van der Waals surface area contributed by atoms with Crippen LogP contribution in [0, 0.1) is 5.82 Å². The van der Waals surface area contributed by atoms with E-state index in [0.717, 1.165) is 18.1 Å². The third kappa shape index (κ3) is 3.60. The van der Waals surface area contributed by atoms with Gasteiger partial charge in [0.05, 0.1) is 17.9 Å². The lowest BCUT2D eigenvalue weighted by atomic mass is 10.1. The van der Waals surface area contributed by atoms with Gasteiger partial charge in [0, 0.05) is 19.0 Å². The summed E-state index contributed by atoms with van der Waals surface area (Å²) in [6.07, 6.45) is 3.48. The average Bonchev–Trinajstić information content (AvgIpc) is 2.85. The Hall–Kier alpha value is -1.82. The Labute approximate surface area is 118 Å². The molecule has 0 aliphatic carbocycles. The summed E-state index contributed by atoms with van der Waals surface area (Å²) in [5.74, 6) is 0.575. The monoisotopic (exact) mass is 277 g/mol. The van der Waals surface area contributed by atoms with Crippen molar-refractivity contribution in [2.75, 3.05) is 0 Å². The number of aromatic nitrogens is 4. The van der Waals surface area contributed by atoms with Crippen molar-refractivity contribution in [2.45, 2.75) is 45.8 Å². The minimum Gasteiger partial charge on any atom is -0.306 e. The Kier molecular flexibility index (Phi) is 4.79. The van der Waals surface area contributed by atoms with Gasteiger partial charge in [-0.2, -0.15) is 5.10 Å². The Morgan fingerprint density at radius 3 is 2.70 bits per heavy atom. The van der Waals surface area contributed by atoms with Crippen LogP contribution < -0.4 is 5.32 Å². The summed E-state index contributed by atoms with van der Waals surface area (Å²) in [7, 11) is 0. The van der Waals surface area contributed by atoms with Gasteiger partial charge >= 0.3 is 0 Å². The third-order valence-corrected chi connectivity index (χ3v) is 3.02. The second-order valence-electron chi connectivity index (χ2n) is 4.97. The fraction of sp³-hybridized carbons (Fsp3) is 0.500. The molecular weight excluding hydrogens is 257 g/mol. The molecule has 6 heteroatoms. The van der Waals surface area contributed by atoms with E-state index < -0.39 is 0 Å². The molecule has 0 radical (unpaired) electrons. The zero-order chi connectivity index (χ0) is 14.5. The fourth-order valence-electron chi connectivity index (χ4n) is 2.14. The van der Waals surface area contributed by atoms with Crippen LogP contribution in [0.15, 0.2) is 24.7 Å². The topological polar surface area (TPSA) is 55.6 Å². The van der Waals surface area contributed by atoms with Crippen LogP contribution in [0.5, 0.6) is 0 Å². The quantitative estimate of drug-likeness (QED) is 0.878. The molecule has 5 nitrogen and oxygen atoms in total. The van der Waals surface area contributed by atoms with Crippen LogP contribution in [-0.4, -0.2) is 25.8 Å². The average molecular weight is 277 g/mol. The molecule has 2 aromatic rings. The predicted octanol–water partition coefficient (Wildman–Crippen LogP) is 2.11. The van der Waals surface area contributed by atoms with Gasteiger partial charge in [-0.05, 0) is 19.1 Å². The van der Waals surface area contributed by atoms with Crippen LogP contribution in [0.25, 0.3) is 0 Å². The number of hydrogen-bond acceptors (Lipinski definition) is 4. The molecule has 108 valence electrons. The van der Waals surface area contributed by atoms with Gasteiger partial charge in [-0.1, -0.05) is 13.8 Å². The Morgan fingerprint density at radius 2 is 2.10 bits per heavy atom. The minimum atomic E-state index is -0.325. The van der Waals surface area contributed by atoms with Crippen molar-refractivity contribution in [3.8, 4) is 0 Å². The zero-order valence-corrected chi connectivity index (χ0v) is 12.0. The first-order valence-corrected chi connectivity index (χ1v) is 6.84. The van der Waals surface area contributed by atoms with Crippen LogP contribution in [0.2, 0.25) is 0 Å². The summed E-state index contributed by atoms with van der Waals surface area (Å²) in [5.41, 5.74) is 0.811. The predicted molar refractivity (Wildman–Crippen MR) is 74.6 cm³/mol. The van der Waals surface area contributed by atoms with E-state index in [-0.39, 0.29) is 11.9 Å². The van der Waals surface area contributed by atoms with E-state index in [0.29, 0.717) is 12.5 Å². The largest absolute Gasteiger partial charge is 0.306 e. The molecule has 0 aliphatic rings. The van der Waals surface area contributed by atoms with Crippen molar-refractivity contribution in [3.05, 3.63) is 42.0 Å². The lowest BCUT2D eigenvalue weighted by Gasteiger charge is -2.20. The van der Waals surface area contributed by atoms with Gasteiger partial charge in [-0.15, -0.1) is 0 Å². The number of nitrogens with zero attached hydrogens (tertiary/aromatic N) is 4. The van der Waals surface area contributed by atoms with E-state index in [2.05, 4.69) is 34.2 Å². The molecule has 0 aliphatic heterocycles. The van der Waals surface area contributed by atoms with Gasteiger partial charge in [-0.25, -0.2) is 9.37 Å². The van der Waals surface area contributed by atoms with E-state index in [1.54, 1.807) is 12.4 Å². The Bertz CT molecular complexity index is 535. The van der Waals surface area contributed by atoms with Crippen molar-refractivity contribution in [3.63, 3.8) is 0 Å². The van der Waals surface area contributed by atoms with Crippen LogP contribution in [-0.2, 0) is 13.0 Å². The van der Waals surface area contributed by atoms with Crippen molar-refractivity contribution >= 4 is 0 Å². The maximum atomic E-state index is 13.0. The normalized spacial score (nSPS) is 12.8. The molecule has 0 saturated carbocycles. The van der Waals surface area contributed by atoms with Gasteiger partial charge in [-0.3, -0.25) is 9.67 Å². The van der Waals surface area contributed by atoms with E-state index in [9.17, 15) is 4.39 Å². The molecule has 1 atom stereocenters. The van der Waals surface area contributed by atoms with Crippen LogP contribution in [0.1, 0.15) is 38.3 Å². The number of halogens is 1. The number of rotatable bonds is 6. The lowest BCUT2D eigenvalue weighted by molar-refractivity contribution is 0.446. The second-order valence-corrected chi connectivity index (χ2v) is 4.97. The van der Waals surface area contributed by atoms with E-state index in [1.807, 2.05) is 11.6 Å². The molecule has 2 heterocycles. The van der Waals surface area contributed by atoms with Crippen molar-refractivity contribution in [2.24, 2.45) is 0 Å². The first-order chi connectivity index (χ1) is 9.60. The van der Waals surface area contributed by atoms with E-state index in [4.69, 9.17) is 0 Å². The van der Waals surface area contributed by atoms with Crippen LogP contribution in [0.4, 0.5) is 4.39 Å². The SMILES string of the molecule is CCn1ncnc1CC(NC(C)C)c1ccc(F)cn1. The summed E-state index contributed by atoms with van der Waals surface area (Å²) in [6.45, 7) is 6.95. The number of nitrogens with one attached hydrogen (secondary N) is 1. The molecule has 2 rings (SSSR count). The Balaban J connectivity index is 2.21. The first-order valence-electron chi connectivity index (χ1n) is 6.84. The third-order valence-electron chi connectivity index (χ3n) is 3.02. The first kappa shape index (κ1) is 14.6. The summed E-state index contributed by atoms with van der Waals surface area (Å²) in [5, 5.41) is 7.61. The smallest absolute Gasteiger partial charge is 0.141 e. The van der Waals surface area contributed by atoms with Crippen molar-refractivity contribution in [1.29, 1.82) is 0 Å². The van der Waals surface area contributed by atoms with Gasteiger partial charge in [0.25, 0.3) is 0 Å². The number of aryl methyl sites for hydroxylation is 1.